The first kappa shape index (κ1) is 17.2. The number of carbonyl (C=O) groups excluding carboxylic acids is 1. The van der Waals surface area contributed by atoms with Gasteiger partial charge in [0.1, 0.15) is 5.69 Å². The van der Waals surface area contributed by atoms with Gasteiger partial charge in [0.25, 0.3) is 5.91 Å². The third-order valence-corrected chi connectivity index (χ3v) is 5.08. The Morgan fingerprint density at radius 1 is 1.11 bits per heavy atom. The Balaban J connectivity index is 1.73. The molecule has 1 amide bonds. The van der Waals surface area contributed by atoms with Gasteiger partial charge in [0.05, 0.1) is 17.8 Å². The van der Waals surface area contributed by atoms with E-state index in [-0.39, 0.29) is 5.91 Å². The summed E-state index contributed by atoms with van der Waals surface area (Å²) in [4.78, 5) is 20.2. The standard InChI is InChI=1S/C21H18N4OS/c1-24(14-18-10-6-12-27-18)21(26)19-15-25(17-8-3-2-4-9-17)23-20(19)16-7-5-11-22-13-16/h2-13,15H,14H2,1H3. The Bertz CT molecular complexity index is 1030. The van der Waals surface area contributed by atoms with E-state index in [9.17, 15) is 4.79 Å². The summed E-state index contributed by atoms with van der Waals surface area (Å²) in [7, 11) is 1.81. The molecule has 6 heteroatoms. The van der Waals surface area contributed by atoms with Crippen molar-refractivity contribution >= 4 is 17.2 Å². The van der Waals surface area contributed by atoms with Gasteiger partial charge in [-0.05, 0) is 35.7 Å². The molecule has 0 aliphatic heterocycles. The molecule has 27 heavy (non-hydrogen) atoms. The second-order valence-electron chi connectivity index (χ2n) is 6.15. The van der Waals surface area contributed by atoms with Crippen molar-refractivity contribution in [3.05, 3.63) is 89.0 Å². The van der Waals surface area contributed by atoms with Crippen molar-refractivity contribution in [3.63, 3.8) is 0 Å². The molecule has 0 saturated heterocycles. The van der Waals surface area contributed by atoms with Crippen molar-refractivity contribution in [2.24, 2.45) is 0 Å². The molecule has 0 N–H and O–H groups in total. The monoisotopic (exact) mass is 374 g/mol. The first-order chi connectivity index (χ1) is 13.2. The molecule has 5 nitrogen and oxygen atoms in total. The van der Waals surface area contributed by atoms with Crippen LogP contribution in [0.4, 0.5) is 0 Å². The quantitative estimate of drug-likeness (QED) is 0.524. The normalized spacial score (nSPS) is 10.7. The molecule has 4 rings (SSSR count). The lowest BCUT2D eigenvalue weighted by molar-refractivity contribution is 0.0787. The number of hydrogen-bond acceptors (Lipinski definition) is 4. The van der Waals surface area contributed by atoms with Crippen LogP contribution in [0.5, 0.6) is 0 Å². The van der Waals surface area contributed by atoms with Crippen LogP contribution in [0.1, 0.15) is 15.2 Å². The molecule has 4 aromatic rings. The molecule has 134 valence electrons. The molecule has 3 heterocycles. The number of benzene rings is 1. The number of rotatable bonds is 5. The largest absolute Gasteiger partial charge is 0.336 e. The Morgan fingerprint density at radius 3 is 2.67 bits per heavy atom. The molecule has 0 radical (unpaired) electrons. The highest BCUT2D eigenvalue weighted by atomic mass is 32.1. The van der Waals surface area contributed by atoms with Crippen LogP contribution in [0.25, 0.3) is 16.9 Å². The van der Waals surface area contributed by atoms with Crippen LogP contribution >= 0.6 is 11.3 Å². The molecule has 0 saturated carbocycles. The second-order valence-corrected chi connectivity index (χ2v) is 7.19. The molecule has 3 aromatic heterocycles. The molecule has 1 aromatic carbocycles. The molecule has 0 atom stereocenters. The van der Waals surface area contributed by atoms with Crippen LogP contribution in [-0.2, 0) is 6.54 Å². The van der Waals surface area contributed by atoms with Crippen LogP contribution in [0.15, 0.2) is 78.6 Å². The van der Waals surface area contributed by atoms with Gasteiger partial charge in [-0.3, -0.25) is 9.78 Å². The number of carbonyl (C=O) groups is 1. The number of para-hydroxylation sites is 1. The molecular weight excluding hydrogens is 356 g/mol. The molecular formula is C21H18N4OS. The molecule has 0 aliphatic rings. The van der Waals surface area contributed by atoms with Crippen LogP contribution in [0.3, 0.4) is 0 Å². The highest BCUT2D eigenvalue weighted by Crippen LogP contribution is 2.25. The fourth-order valence-electron chi connectivity index (χ4n) is 2.87. The van der Waals surface area contributed by atoms with Crippen molar-refractivity contribution in [1.29, 1.82) is 0 Å². The molecule has 0 unspecified atom stereocenters. The Morgan fingerprint density at radius 2 is 1.96 bits per heavy atom. The average molecular weight is 374 g/mol. The number of pyridine rings is 1. The minimum absolute atomic E-state index is 0.0653. The molecule has 0 bridgehead atoms. The summed E-state index contributed by atoms with van der Waals surface area (Å²) in [5, 5.41) is 6.70. The number of nitrogens with zero attached hydrogens (tertiary/aromatic N) is 4. The highest BCUT2D eigenvalue weighted by Gasteiger charge is 2.22. The van der Waals surface area contributed by atoms with Gasteiger partial charge in [-0.2, -0.15) is 5.10 Å². The lowest BCUT2D eigenvalue weighted by Gasteiger charge is -2.16. The zero-order chi connectivity index (χ0) is 18.6. The van der Waals surface area contributed by atoms with E-state index in [0.717, 1.165) is 16.1 Å². The molecule has 0 aliphatic carbocycles. The summed E-state index contributed by atoms with van der Waals surface area (Å²) in [6, 6.07) is 17.6. The lowest BCUT2D eigenvalue weighted by atomic mass is 10.1. The van der Waals surface area contributed by atoms with Gasteiger partial charge in [-0.15, -0.1) is 11.3 Å². The van der Waals surface area contributed by atoms with Crippen LogP contribution in [0.2, 0.25) is 0 Å². The van der Waals surface area contributed by atoms with Gasteiger partial charge in [-0.25, -0.2) is 4.68 Å². The minimum Gasteiger partial charge on any atom is -0.336 e. The van der Waals surface area contributed by atoms with Gasteiger partial charge in [0, 0.05) is 36.1 Å². The van der Waals surface area contributed by atoms with E-state index in [1.807, 2.05) is 67.0 Å². The SMILES string of the molecule is CN(Cc1cccs1)C(=O)c1cn(-c2ccccc2)nc1-c1cccnc1. The van der Waals surface area contributed by atoms with Gasteiger partial charge in [0.2, 0.25) is 0 Å². The van der Waals surface area contributed by atoms with Gasteiger partial charge >= 0.3 is 0 Å². The van der Waals surface area contributed by atoms with Gasteiger partial charge in [0.15, 0.2) is 0 Å². The molecule has 0 fully saturated rings. The Kier molecular flexibility index (Phi) is 4.80. The second kappa shape index (κ2) is 7.55. The maximum Gasteiger partial charge on any atom is 0.257 e. The van der Waals surface area contributed by atoms with Crippen molar-refractivity contribution in [3.8, 4) is 16.9 Å². The summed E-state index contributed by atoms with van der Waals surface area (Å²) in [5.74, 6) is -0.0653. The van der Waals surface area contributed by atoms with E-state index >= 15 is 0 Å². The first-order valence-corrected chi connectivity index (χ1v) is 9.43. The zero-order valence-electron chi connectivity index (χ0n) is 14.8. The summed E-state index contributed by atoms with van der Waals surface area (Å²) in [6.45, 7) is 0.569. The zero-order valence-corrected chi connectivity index (χ0v) is 15.6. The van der Waals surface area contributed by atoms with E-state index in [1.54, 1.807) is 39.5 Å². The summed E-state index contributed by atoms with van der Waals surface area (Å²) < 4.78 is 1.74. The van der Waals surface area contributed by atoms with E-state index in [1.165, 1.54) is 0 Å². The van der Waals surface area contributed by atoms with E-state index in [4.69, 9.17) is 0 Å². The number of amides is 1. The fraction of sp³-hybridized carbons (Fsp3) is 0.0952. The highest BCUT2D eigenvalue weighted by molar-refractivity contribution is 7.09. The van der Waals surface area contributed by atoms with E-state index < -0.39 is 0 Å². The van der Waals surface area contributed by atoms with Crippen LogP contribution in [-0.4, -0.2) is 32.6 Å². The summed E-state index contributed by atoms with van der Waals surface area (Å²) in [5.41, 5.74) is 2.92. The lowest BCUT2D eigenvalue weighted by Crippen LogP contribution is -2.26. The Hall–Kier alpha value is -3.25. The third-order valence-electron chi connectivity index (χ3n) is 4.22. The van der Waals surface area contributed by atoms with E-state index in [2.05, 4.69) is 10.1 Å². The van der Waals surface area contributed by atoms with Crippen molar-refractivity contribution in [2.75, 3.05) is 7.05 Å². The van der Waals surface area contributed by atoms with E-state index in [0.29, 0.717) is 17.8 Å². The predicted octanol–water partition coefficient (Wildman–Crippen LogP) is 4.27. The minimum atomic E-state index is -0.0653. The maximum atomic E-state index is 13.2. The molecule has 0 spiro atoms. The topological polar surface area (TPSA) is 51.0 Å². The third kappa shape index (κ3) is 3.66. The van der Waals surface area contributed by atoms with Gasteiger partial charge < -0.3 is 4.90 Å². The smallest absolute Gasteiger partial charge is 0.257 e. The Labute approximate surface area is 161 Å². The van der Waals surface area contributed by atoms with Crippen LogP contribution in [0, 0.1) is 0 Å². The van der Waals surface area contributed by atoms with Gasteiger partial charge in [-0.1, -0.05) is 24.3 Å². The predicted molar refractivity (Wildman–Crippen MR) is 107 cm³/mol. The van der Waals surface area contributed by atoms with Crippen molar-refractivity contribution < 1.29 is 4.79 Å². The summed E-state index contributed by atoms with van der Waals surface area (Å²) in [6.07, 6.45) is 5.24. The van der Waals surface area contributed by atoms with Crippen LogP contribution < -0.4 is 0 Å². The first-order valence-electron chi connectivity index (χ1n) is 8.56. The number of hydrogen-bond donors (Lipinski definition) is 0. The number of thiophene rings is 1. The number of aromatic nitrogens is 3. The maximum absolute atomic E-state index is 13.2. The summed E-state index contributed by atoms with van der Waals surface area (Å²) >= 11 is 1.64. The van der Waals surface area contributed by atoms with Crippen molar-refractivity contribution in [2.45, 2.75) is 6.54 Å². The fourth-order valence-corrected chi connectivity index (χ4v) is 3.63. The average Bonchev–Trinajstić information content (AvgIpc) is 3.39. The van der Waals surface area contributed by atoms with Crippen molar-refractivity contribution in [1.82, 2.24) is 19.7 Å².